The van der Waals surface area contributed by atoms with Gasteiger partial charge < -0.3 is 4.74 Å². The molecule has 1 saturated carbocycles. The van der Waals surface area contributed by atoms with Crippen molar-refractivity contribution >= 4 is 21.9 Å². The van der Waals surface area contributed by atoms with Gasteiger partial charge in [-0.05, 0) is 63.0 Å². The van der Waals surface area contributed by atoms with Gasteiger partial charge in [0.25, 0.3) is 10.1 Å². The number of hydrogen-bond donors (Lipinski definition) is 1. The number of hydrogen-bond acceptors (Lipinski definition) is 6. The Balaban J connectivity index is 2.16. The summed E-state index contributed by atoms with van der Waals surface area (Å²) < 4.78 is 33.7. The fourth-order valence-corrected chi connectivity index (χ4v) is 4.53. The summed E-state index contributed by atoms with van der Waals surface area (Å²) in [6, 6.07) is 1.90. The number of anilines is 1. The third kappa shape index (κ3) is 6.46. The van der Waals surface area contributed by atoms with E-state index >= 15 is 0 Å². The van der Waals surface area contributed by atoms with Crippen LogP contribution in [0.25, 0.3) is 0 Å². The number of carbonyl (C=O) groups excluding carboxylic acids is 1. The number of carbonyl (C=O) groups is 1. The molecule has 27 heavy (non-hydrogen) atoms. The lowest BCUT2D eigenvalue weighted by atomic mass is 9.72. The predicted molar refractivity (Wildman–Crippen MR) is 104 cm³/mol. The minimum atomic E-state index is -3.50. The van der Waals surface area contributed by atoms with Gasteiger partial charge in [0.05, 0.1) is 24.2 Å². The predicted octanol–water partition coefficient (Wildman–Crippen LogP) is 3.92. The number of nitrogens with zero attached hydrogens (tertiary/aromatic N) is 1. The summed E-state index contributed by atoms with van der Waals surface area (Å²) in [6.45, 7) is 9.43. The molecular weight excluding hydrogens is 368 g/mol. The van der Waals surface area contributed by atoms with Crippen LogP contribution in [-0.4, -0.2) is 37.5 Å². The van der Waals surface area contributed by atoms with Gasteiger partial charge in [-0.2, -0.15) is 8.42 Å². The van der Waals surface area contributed by atoms with E-state index in [-0.39, 0.29) is 23.9 Å². The normalized spacial score (nSPS) is 26.4. The van der Waals surface area contributed by atoms with Gasteiger partial charge in [-0.25, -0.2) is 4.79 Å². The first-order chi connectivity index (χ1) is 12.4. The summed E-state index contributed by atoms with van der Waals surface area (Å²) in [7, 11) is -3.50. The average molecular weight is 399 g/mol. The molecule has 0 unspecified atom stereocenters. The van der Waals surface area contributed by atoms with Gasteiger partial charge in [-0.15, -0.1) is 0 Å². The average Bonchev–Trinajstić information content (AvgIpc) is 2.48. The summed E-state index contributed by atoms with van der Waals surface area (Å²) in [6.07, 6.45) is 5.07. The highest BCUT2D eigenvalue weighted by Gasteiger charge is 2.37. The minimum Gasteiger partial charge on any atom is -0.444 e. The van der Waals surface area contributed by atoms with Crippen LogP contribution in [0.5, 0.6) is 0 Å². The molecule has 1 aromatic heterocycles. The number of aromatic nitrogens is 1. The van der Waals surface area contributed by atoms with Crippen LogP contribution in [0.15, 0.2) is 18.5 Å². The molecule has 152 valence electrons. The molecule has 0 aromatic carbocycles. The highest BCUT2D eigenvalue weighted by atomic mass is 32.2. The number of rotatable bonds is 4. The fraction of sp³-hybridized carbons (Fsp3) is 0.684. The van der Waals surface area contributed by atoms with E-state index in [1.54, 1.807) is 12.4 Å². The van der Waals surface area contributed by atoms with Crippen molar-refractivity contribution in [3.05, 3.63) is 24.0 Å². The molecule has 0 radical (unpaired) electrons. The van der Waals surface area contributed by atoms with E-state index in [4.69, 9.17) is 8.92 Å². The highest BCUT2D eigenvalue weighted by Crippen LogP contribution is 2.43. The number of pyridine rings is 1. The standard InChI is InChI=1S/C19H30N2O5S/c1-12-9-14(10-13(2)17(12)26-27(6,23)24)15-7-8-20-11-16(15)21-18(22)25-19(3,4)5/h7-8,11-14,17H,9-10H2,1-6H3,(H,21,22)/t12-,13+,14+,17+. The van der Waals surface area contributed by atoms with Crippen LogP contribution in [0.4, 0.5) is 10.5 Å². The van der Waals surface area contributed by atoms with E-state index < -0.39 is 21.8 Å². The summed E-state index contributed by atoms with van der Waals surface area (Å²) in [5.41, 5.74) is 1.02. The minimum absolute atomic E-state index is 0.0658. The quantitative estimate of drug-likeness (QED) is 0.773. The van der Waals surface area contributed by atoms with E-state index in [1.807, 2.05) is 40.7 Å². The molecule has 0 saturated heterocycles. The first-order valence-electron chi connectivity index (χ1n) is 9.18. The molecule has 7 nitrogen and oxygen atoms in total. The first kappa shape index (κ1) is 21.6. The zero-order chi connectivity index (χ0) is 20.4. The lowest BCUT2D eigenvalue weighted by molar-refractivity contribution is 0.0524. The van der Waals surface area contributed by atoms with Gasteiger partial charge in [0.2, 0.25) is 0 Å². The van der Waals surface area contributed by atoms with Crippen molar-refractivity contribution < 1.29 is 22.1 Å². The molecule has 1 aliphatic rings. The second-order valence-electron chi connectivity index (χ2n) is 8.48. The molecule has 8 heteroatoms. The zero-order valence-corrected chi connectivity index (χ0v) is 17.7. The van der Waals surface area contributed by atoms with Gasteiger partial charge in [-0.1, -0.05) is 13.8 Å². The molecule has 1 amide bonds. The maximum Gasteiger partial charge on any atom is 0.412 e. The van der Waals surface area contributed by atoms with E-state index in [0.717, 1.165) is 24.7 Å². The van der Waals surface area contributed by atoms with Crippen molar-refractivity contribution in [2.45, 2.75) is 65.1 Å². The van der Waals surface area contributed by atoms with Crippen molar-refractivity contribution in [3.8, 4) is 0 Å². The van der Waals surface area contributed by atoms with Crippen molar-refractivity contribution in [2.75, 3.05) is 11.6 Å². The Labute approximate surface area is 162 Å². The molecule has 0 bridgehead atoms. The van der Waals surface area contributed by atoms with Crippen molar-refractivity contribution in [1.29, 1.82) is 0 Å². The maximum absolute atomic E-state index is 12.2. The Morgan fingerprint density at radius 2 is 1.81 bits per heavy atom. The Kier molecular flexibility index (Phi) is 6.52. The Morgan fingerprint density at radius 1 is 1.22 bits per heavy atom. The smallest absolute Gasteiger partial charge is 0.412 e. The van der Waals surface area contributed by atoms with Crippen LogP contribution in [0.1, 0.15) is 58.9 Å². The SMILES string of the molecule is C[C@@H]1C[C@H](c2ccncc2NC(=O)OC(C)(C)C)C[C@H](C)[C@H]1OS(C)(=O)=O. The Hall–Kier alpha value is -1.67. The van der Waals surface area contributed by atoms with Crippen molar-refractivity contribution in [1.82, 2.24) is 4.98 Å². The number of amides is 1. The van der Waals surface area contributed by atoms with Crippen LogP contribution in [-0.2, 0) is 19.0 Å². The van der Waals surface area contributed by atoms with Gasteiger partial charge >= 0.3 is 6.09 Å². The van der Waals surface area contributed by atoms with Crippen LogP contribution in [0, 0.1) is 11.8 Å². The van der Waals surface area contributed by atoms with E-state index in [9.17, 15) is 13.2 Å². The zero-order valence-electron chi connectivity index (χ0n) is 16.9. The Morgan fingerprint density at radius 3 is 2.33 bits per heavy atom. The Bertz CT molecular complexity index is 761. The van der Waals surface area contributed by atoms with E-state index in [2.05, 4.69) is 10.3 Å². The van der Waals surface area contributed by atoms with Gasteiger partial charge in [-0.3, -0.25) is 14.5 Å². The van der Waals surface area contributed by atoms with Gasteiger partial charge in [0.15, 0.2) is 0 Å². The number of nitrogens with one attached hydrogen (secondary N) is 1. The number of ether oxygens (including phenoxy) is 1. The second kappa shape index (κ2) is 8.14. The molecule has 1 aromatic rings. The van der Waals surface area contributed by atoms with Crippen molar-refractivity contribution in [2.24, 2.45) is 11.8 Å². The fourth-order valence-electron chi connectivity index (χ4n) is 3.75. The summed E-state index contributed by atoms with van der Waals surface area (Å²) >= 11 is 0. The van der Waals surface area contributed by atoms with Crippen LogP contribution >= 0.6 is 0 Å². The van der Waals surface area contributed by atoms with Crippen LogP contribution in [0.3, 0.4) is 0 Å². The van der Waals surface area contributed by atoms with E-state index in [0.29, 0.717) is 5.69 Å². The van der Waals surface area contributed by atoms with Gasteiger partial charge in [0.1, 0.15) is 5.60 Å². The molecule has 1 N–H and O–H groups in total. The maximum atomic E-state index is 12.2. The van der Waals surface area contributed by atoms with Crippen LogP contribution < -0.4 is 5.32 Å². The van der Waals surface area contributed by atoms with E-state index in [1.165, 1.54) is 0 Å². The monoisotopic (exact) mass is 398 g/mol. The second-order valence-corrected chi connectivity index (χ2v) is 10.1. The molecule has 0 aliphatic heterocycles. The summed E-state index contributed by atoms with van der Waals surface area (Å²) in [5.74, 6) is 0.300. The molecule has 1 aliphatic carbocycles. The molecule has 4 atom stereocenters. The molecule has 1 heterocycles. The van der Waals surface area contributed by atoms with Crippen LogP contribution in [0.2, 0.25) is 0 Å². The third-order valence-electron chi connectivity index (χ3n) is 4.65. The largest absolute Gasteiger partial charge is 0.444 e. The topological polar surface area (TPSA) is 94.6 Å². The lowest BCUT2D eigenvalue weighted by Gasteiger charge is -2.38. The summed E-state index contributed by atoms with van der Waals surface area (Å²) in [4.78, 5) is 16.3. The third-order valence-corrected chi connectivity index (χ3v) is 5.22. The first-order valence-corrected chi connectivity index (χ1v) is 11.0. The molecule has 2 rings (SSSR count). The van der Waals surface area contributed by atoms with Gasteiger partial charge in [0, 0.05) is 6.20 Å². The van der Waals surface area contributed by atoms with Crippen molar-refractivity contribution in [3.63, 3.8) is 0 Å². The lowest BCUT2D eigenvalue weighted by Crippen LogP contribution is -2.37. The molecule has 0 spiro atoms. The summed E-state index contributed by atoms with van der Waals surface area (Å²) in [5, 5.41) is 2.79. The molecular formula is C19H30N2O5S. The molecule has 1 fully saturated rings. The highest BCUT2D eigenvalue weighted by molar-refractivity contribution is 7.86.